The van der Waals surface area contributed by atoms with Crippen molar-refractivity contribution in [1.29, 1.82) is 0 Å². The number of benzene rings is 1. The van der Waals surface area contributed by atoms with Crippen LogP contribution in [0.2, 0.25) is 0 Å². The average Bonchev–Trinajstić information content (AvgIpc) is 2.46. The van der Waals surface area contributed by atoms with E-state index in [1.165, 1.54) is 12.3 Å². The first kappa shape index (κ1) is 15.7. The summed E-state index contributed by atoms with van der Waals surface area (Å²) in [4.78, 5) is 28.2. The maximum absolute atomic E-state index is 12.2. The molecule has 0 bridgehead atoms. The van der Waals surface area contributed by atoms with Crippen LogP contribution in [0.4, 0.5) is 5.69 Å². The topological polar surface area (TPSA) is 71.1 Å². The summed E-state index contributed by atoms with van der Waals surface area (Å²) >= 11 is 0. The highest BCUT2D eigenvalue weighted by molar-refractivity contribution is 6.04. The maximum atomic E-state index is 12.2. The minimum atomic E-state index is -0.343. The van der Waals surface area contributed by atoms with Crippen LogP contribution >= 0.6 is 0 Å². The summed E-state index contributed by atoms with van der Waals surface area (Å²) in [5.74, 6) is -0.563. The van der Waals surface area contributed by atoms with E-state index in [1.807, 2.05) is 39.0 Å². The van der Waals surface area contributed by atoms with Crippen LogP contribution in [0.25, 0.3) is 0 Å². The predicted molar refractivity (Wildman–Crippen MR) is 86.0 cm³/mol. The molecule has 0 aliphatic rings. The molecule has 5 heteroatoms. The Bertz CT molecular complexity index is 696. The van der Waals surface area contributed by atoms with Crippen LogP contribution in [0.5, 0.6) is 0 Å². The monoisotopic (exact) mass is 297 g/mol. The number of aryl methyl sites for hydroxylation is 1. The minimum Gasteiger partial charge on any atom is -0.350 e. The van der Waals surface area contributed by atoms with Gasteiger partial charge in [-0.3, -0.25) is 14.6 Å². The number of nitrogens with zero attached hydrogens (tertiary/aromatic N) is 1. The van der Waals surface area contributed by atoms with Gasteiger partial charge in [-0.2, -0.15) is 0 Å². The molecule has 0 atom stereocenters. The van der Waals surface area contributed by atoms with Gasteiger partial charge in [0, 0.05) is 23.5 Å². The van der Waals surface area contributed by atoms with Crippen molar-refractivity contribution in [3.05, 3.63) is 59.4 Å². The summed E-state index contributed by atoms with van der Waals surface area (Å²) < 4.78 is 0. The van der Waals surface area contributed by atoms with Gasteiger partial charge in [-0.1, -0.05) is 12.1 Å². The number of carbonyl (C=O) groups is 2. The van der Waals surface area contributed by atoms with Gasteiger partial charge in [-0.15, -0.1) is 0 Å². The third-order valence-electron chi connectivity index (χ3n) is 2.95. The SMILES string of the molecule is Cc1cccc(NC(=O)c2cc(C(=O)NC(C)C)ccn2)c1. The molecule has 2 amide bonds. The summed E-state index contributed by atoms with van der Waals surface area (Å²) in [6.45, 7) is 5.71. The van der Waals surface area contributed by atoms with E-state index in [-0.39, 0.29) is 23.6 Å². The van der Waals surface area contributed by atoms with Crippen molar-refractivity contribution in [3.63, 3.8) is 0 Å². The van der Waals surface area contributed by atoms with Crippen molar-refractivity contribution >= 4 is 17.5 Å². The van der Waals surface area contributed by atoms with Crippen molar-refractivity contribution in [2.24, 2.45) is 0 Å². The molecule has 2 rings (SSSR count). The molecule has 0 saturated heterocycles. The van der Waals surface area contributed by atoms with Crippen LogP contribution in [0.15, 0.2) is 42.6 Å². The van der Waals surface area contributed by atoms with E-state index in [0.717, 1.165) is 5.56 Å². The Kier molecular flexibility index (Phi) is 4.88. The Morgan fingerprint density at radius 2 is 1.86 bits per heavy atom. The van der Waals surface area contributed by atoms with E-state index in [0.29, 0.717) is 11.3 Å². The number of amides is 2. The van der Waals surface area contributed by atoms with Crippen LogP contribution in [-0.4, -0.2) is 22.8 Å². The molecule has 0 aliphatic heterocycles. The van der Waals surface area contributed by atoms with Crippen LogP contribution in [-0.2, 0) is 0 Å². The first-order valence-electron chi connectivity index (χ1n) is 7.10. The fourth-order valence-corrected chi connectivity index (χ4v) is 1.96. The van der Waals surface area contributed by atoms with Crippen LogP contribution in [0.3, 0.4) is 0 Å². The summed E-state index contributed by atoms with van der Waals surface area (Å²) in [5, 5.41) is 5.56. The number of rotatable bonds is 4. The lowest BCUT2D eigenvalue weighted by molar-refractivity contribution is 0.0943. The first-order chi connectivity index (χ1) is 10.5. The number of carbonyl (C=O) groups excluding carboxylic acids is 2. The molecule has 2 aromatic rings. The molecular formula is C17H19N3O2. The first-order valence-corrected chi connectivity index (χ1v) is 7.10. The van der Waals surface area contributed by atoms with Gasteiger partial charge in [0.05, 0.1) is 0 Å². The molecule has 2 N–H and O–H groups in total. The molecule has 0 radical (unpaired) electrons. The molecule has 5 nitrogen and oxygen atoms in total. The third-order valence-corrected chi connectivity index (χ3v) is 2.95. The second kappa shape index (κ2) is 6.85. The number of pyridine rings is 1. The molecule has 1 aromatic carbocycles. The lowest BCUT2D eigenvalue weighted by Gasteiger charge is -2.09. The Hall–Kier alpha value is -2.69. The number of hydrogen-bond acceptors (Lipinski definition) is 3. The predicted octanol–water partition coefficient (Wildman–Crippen LogP) is 2.78. The smallest absolute Gasteiger partial charge is 0.274 e. The minimum absolute atomic E-state index is 0.0326. The third kappa shape index (κ3) is 4.15. The van der Waals surface area contributed by atoms with E-state index < -0.39 is 0 Å². The average molecular weight is 297 g/mol. The van der Waals surface area contributed by atoms with Crippen molar-refractivity contribution in [1.82, 2.24) is 10.3 Å². The van der Waals surface area contributed by atoms with Gasteiger partial charge in [-0.25, -0.2) is 0 Å². The molecule has 22 heavy (non-hydrogen) atoms. The molecular weight excluding hydrogens is 278 g/mol. The Morgan fingerprint density at radius 3 is 2.55 bits per heavy atom. The second-order valence-corrected chi connectivity index (χ2v) is 5.38. The van der Waals surface area contributed by atoms with Crippen molar-refractivity contribution in [2.75, 3.05) is 5.32 Å². The highest BCUT2D eigenvalue weighted by Gasteiger charge is 2.12. The van der Waals surface area contributed by atoms with Gasteiger partial charge in [0.25, 0.3) is 11.8 Å². The quantitative estimate of drug-likeness (QED) is 0.911. The van der Waals surface area contributed by atoms with Gasteiger partial charge in [0.2, 0.25) is 0 Å². The van der Waals surface area contributed by atoms with Gasteiger partial charge in [0.15, 0.2) is 0 Å². The molecule has 1 heterocycles. The van der Waals surface area contributed by atoms with Gasteiger partial charge in [0.1, 0.15) is 5.69 Å². The lowest BCUT2D eigenvalue weighted by Crippen LogP contribution is -2.30. The fraction of sp³-hybridized carbons (Fsp3) is 0.235. The van der Waals surface area contributed by atoms with Gasteiger partial charge in [-0.05, 0) is 50.6 Å². The zero-order valence-electron chi connectivity index (χ0n) is 12.9. The molecule has 1 aromatic heterocycles. The molecule has 0 unspecified atom stereocenters. The highest BCUT2D eigenvalue weighted by atomic mass is 16.2. The summed E-state index contributed by atoms with van der Waals surface area (Å²) in [6.07, 6.45) is 1.46. The lowest BCUT2D eigenvalue weighted by atomic mass is 10.2. The van der Waals surface area contributed by atoms with E-state index in [9.17, 15) is 9.59 Å². The van der Waals surface area contributed by atoms with Gasteiger partial charge >= 0.3 is 0 Å². The zero-order valence-corrected chi connectivity index (χ0v) is 12.9. The second-order valence-electron chi connectivity index (χ2n) is 5.38. The van der Waals surface area contributed by atoms with Crippen molar-refractivity contribution in [3.8, 4) is 0 Å². The van der Waals surface area contributed by atoms with Crippen molar-refractivity contribution in [2.45, 2.75) is 26.8 Å². The number of nitrogens with one attached hydrogen (secondary N) is 2. The Balaban J connectivity index is 2.15. The van der Waals surface area contributed by atoms with Crippen LogP contribution in [0.1, 0.15) is 40.3 Å². The summed E-state index contributed by atoms with van der Waals surface area (Å²) in [7, 11) is 0. The molecule has 0 fully saturated rings. The van der Waals surface area contributed by atoms with E-state index in [2.05, 4.69) is 15.6 Å². The Morgan fingerprint density at radius 1 is 1.09 bits per heavy atom. The number of aromatic nitrogens is 1. The molecule has 114 valence electrons. The van der Waals surface area contributed by atoms with Gasteiger partial charge < -0.3 is 10.6 Å². The van der Waals surface area contributed by atoms with E-state index in [4.69, 9.17) is 0 Å². The van der Waals surface area contributed by atoms with E-state index in [1.54, 1.807) is 12.1 Å². The van der Waals surface area contributed by atoms with Crippen LogP contribution < -0.4 is 10.6 Å². The van der Waals surface area contributed by atoms with Crippen LogP contribution in [0, 0.1) is 6.92 Å². The van der Waals surface area contributed by atoms with Crippen molar-refractivity contribution < 1.29 is 9.59 Å². The standard InChI is InChI=1S/C17H19N3O2/c1-11(2)19-16(21)13-7-8-18-15(10-13)17(22)20-14-6-4-5-12(3)9-14/h4-11H,1-3H3,(H,19,21)(H,20,22). The van der Waals surface area contributed by atoms with E-state index >= 15 is 0 Å². The number of anilines is 1. The summed E-state index contributed by atoms with van der Waals surface area (Å²) in [6, 6.07) is 10.6. The molecule has 0 spiro atoms. The number of hydrogen-bond donors (Lipinski definition) is 2. The molecule has 0 aliphatic carbocycles. The zero-order chi connectivity index (χ0) is 16.1. The maximum Gasteiger partial charge on any atom is 0.274 e. The highest BCUT2D eigenvalue weighted by Crippen LogP contribution is 2.11. The normalized spacial score (nSPS) is 10.4. The fourth-order valence-electron chi connectivity index (χ4n) is 1.96. The molecule has 0 saturated carbocycles. The largest absolute Gasteiger partial charge is 0.350 e. The summed E-state index contributed by atoms with van der Waals surface area (Å²) in [5.41, 5.74) is 2.37. The Labute approximate surface area is 129 Å².